The van der Waals surface area contributed by atoms with E-state index in [0.29, 0.717) is 12.8 Å². The van der Waals surface area contributed by atoms with Gasteiger partial charge in [0.1, 0.15) is 0 Å². The summed E-state index contributed by atoms with van der Waals surface area (Å²) in [6, 6.07) is 0.238. The number of halogens is 3. The second-order valence-corrected chi connectivity index (χ2v) is 4.28. The molecule has 2 N–H and O–H groups in total. The lowest BCUT2D eigenvalue weighted by Gasteiger charge is -2.29. The Morgan fingerprint density at radius 2 is 1.73 bits per heavy atom. The van der Waals surface area contributed by atoms with Crippen LogP contribution >= 0.6 is 0 Å². The Hall–Kier alpha value is -0.780. The molecule has 0 aromatic carbocycles. The third-order valence-electron chi connectivity index (χ3n) is 3.07. The van der Waals surface area contributed by atoms with E-state index in [9.17, 15) is 18.0 Å². The van der Waals surface area contributed by atoms with Crippen molar-refractivity contribution < 1.29 is 18.0 Å². The van der Waals surface area contributed by atoms with Crippen LogP contribution in [0.4, 0.5) is 13.2 Å². The molecule has 2 fully saturated rings. The molecule has 2 rings (SSSR count). The van der Waals surface area contributed by atoms with Gasteiger partial charge in [0.2, 0.25) is 0 Å². The van der Waals surface area contributed by atoms with Gasteiger partial charge in [0, 0.05) is 18.1 Å². The summed E-state index contributed by atoms with van der Waals surface area (Å²) in [7, 11) is 0. The minimum Gasteiger partial charge on any atom is -0.345 e. The quantitative estimate of drug-likeness (QED) is 0.693. The lowest BCUT2D eigenvalue weighted by Crippen LogP contribution is -2.50. The van der Waals surface area contributed by atoms with E-state index in [2.05, 4.69) is 10.6 Å². The van der Waals surface area contributed by atoms with Crippen LogP contribution in [0.1, 0.15) is 25.7 Å². The zero-order chi connectivity index (χ0) is 11.1. The standard InChI is InChI=1S/C9H13F3N2O/c10-9(11,12)8(15)14-7-3-5-1-2-6(4-7)13-5/h5-7,13H,1-4H2,(H,14,15)/t5-,6+,7?. The largest absolute Gasteiger partial charge is 0.471 e. The van der Waals surface area contributed by atoms with Crippen LogP contribution in [-0.2, 0) is 4.79 Å². The number of piperidine rings is 1. The second-order valence-electron chi connectivity index (χ2n) is 4.28. The van der Waals surface area contributed by atoms with Crippen LogP contribution in [0.25, 0.3) is 0 Å². The molecule has 2 bridgehead atoms. The Kier molecular flexibility index (Phi) is 2.62. The first-order valence-corrected chi connectivity index (χ1v) is 5.09. The van der Waals surface area contributed by atoms with Gasteiger partial charge in [0.15, 0.2) is 0 Å². The maximum Gasteiger partial charge on any atom is 0.471 e. The Balaban J connectivity index is 1.88. The molecule has 2 aliphatic rings. The topological polar surface area (TPSA) is 41.1 Å². The summed E-state index contributed by atoms with van der Waals surface area (Å²) in [5.74, 6) is -1.81. The first kappa shape index (κ1) is 10.7. The molecular formula is C9H13F3N2O. The smallest absolute Gasteiger partial charge is 0.345 e. The average Bonchev–Trinajstić information content (AvgIpc) is 2.44. The van der Waals surface area contributed by atoms with E-state index in [1.165, 1.54) is 0 Å². The van der Waals surface area contributed by atoms with E-state index in [1.807, 2.05) is 0 Å². The van der Waals surface area contributed by atoms with Gasteiger partial charge in [-0.1, -0.05) is 0 Å². The molecule has 0 radical (unpaired) electrons. The van der Waals surface area contributed by atoms with Gasteiger partial charge >= 0.3 is 12.1 Å². The Morgan fingerprint density at radius 1 is 1.20 bits per heavy atom. The van der Waals surface area contributed by atoms with Crippen molar-refractivity contribution in [3.63, 3.8) is 0 Å². The predicted molar refractivity (Wildman–Crippen MR) is 47.2 cm³/mol. The molecule has 2 saturated heterocycles. The molecule has 2 heterocycles. The van der Waals surface area contributed by atoms with Gasteiger partial charge < -0.3 is 10.6 Å². The number of alkyl halides is 3. The summed E-state index contributed by atoms with van der Waals surface area (Å²) >= 11 is 0. The minimum absolute atomic E-state index is 0.280. The van der Waals surface area contributed by atoms with E-state index >= 15 is 0 Å². The number of hydrogen-bond acceptors (Lipinski definition) is 2. The molecule has 3 nitrogen and oxygen atoms in total. The summed E-state index contributed by atoms with van der Waals surface area (Å²) in [5, 5.41) is 5.36. The molecule has 3 atom stereocenters. The van der Waals surface area contributed by atoms with Crippen LogP contribution in [0.5, 0.6) is 0 Å². The van der Waals surface area contributed by atoms with E-state index in [0.717, 1.165) is 12.8 Å². The monoisotopic (exact) mass is 222 g/mol. The van der Waals surface area contributed by atoms with Gasteiger partial charge in [-0.3, -0.25) is 4.79 Å². The zero-order valence-electron chi connectivity index (χ0n) is 8.10. The highest BCUT2D eigenvalue weighted by molar-refractivity contribution is 5.81. The normalized spacial score (nSPS) is 35.3. The minimum atomic E-state index is -4.76. The number of amides is 1. The van der Waals surface area contributed by atoms with Crippen molar-refractivity contribution >= 4 is 5.91 Å². The number of hydrogen-bond donors (Lipinski definition) is 2. The molecule has 0 aromatic rings. The van der Waals surface area contributed by atoms with Gasteiger partial charge in [-0.25, -0.2) is 0 Å². The van der Waals surface area contributed by atoms with Crippen LogP contribution < -0.4 is 10.6 Å². The van der Waals surface area contributed by atoms with Gasteiger partial charge in [0.25, 0.3) is 0 Å². The summed E-state index contributed by atoms with van der Waals surface area (Å²) in [4.78, 5) is 10.7. The first-order valence-electron chi connectivity index (χ1n) is 5.09. The van der Waals surface area contributed by atoms with Crippen LogP contribution in [-0.4, -0.2) is 30.2 Å². The van der Waals surface area contributed by atoms with Crippen LogP contribution in [0.2, 0.25) is 0 Å². The van der Waals surface area contributed by atoms with E-state index in [1.54, 1.807) is 0 Å². The molecule has 0 spiro atoms. The predicted octanol–water partition coefficient (Wildman–Crippen LogP) is 0.948. The number of carbonyl (C=O) groups is 1. The van der Waals surface area contributed by atoms with Crippen molar-refractivity contribution in [3.05, 3.63) is 0 Å². The highest BCUT2D eigenvalue weighted by atomic mass is 19.4. The highest BCUT2D eigenvalue weighted by Gasteiger charge is 2.42. The molecule has 0 aliphatic carbocycles. The molecular weight excluding hydrogens is 209 g/mol. The van der Waals surface area contributed by atoms with Crippen molar-refractivity contribution in [1.29, 1.82) is 0 Å². The van der Waals surface area contributed by atoms with Crippen molar-refractivity contribution in [2.45, 2.75) is 50.0 Å². The molecule has 0 aromatic heterocycles. The summed E-state index contributed by atoms with van der Waals surface area (Å²) in [6.45, 7) is 0. The van der Waals surface area contributed by atoms with Gasteiger partial charge in [0.05, 0.1) is 0 Å². The number of fused-ring (bicyclic) bond motifs is 2. The Morgan fingerprint density at radius 3 is 2.20 bits per heavy atom. The van der Waals surface area contributed by atoms with Crippen molar-refractivity contribution in [3.8, 4) is 0 Å². The van der Waals surface area contributed by atoms with E-state index in [4.69, 9.17) is 0 Å². The Labute approximate surface area is 85.4 Å². The SMILES string of the molecule is O=C(NC1C[C@H]2CC[C@@H](C1)N2)C(F)(F)F. The third-order valence-corrected chi connectivity index (χ3v) is 3.07. The van der Waals surface area contributed by atoms with Crippen LogP contribution in [0.15, 0.2) is 0 Å². The van der Waals surface area contributed by atoms with Crippen LogP contribution in [0, 0.1) is 0 Å². The van der Waals surface area contributed by atoms with Crippen molar-refractivity contribution in [2.24, 2.45) is 0 Å². The van der Waals surface area contributed by atoms with E-state index in [-0.39, 0.29) is 18.1 Å². The summed E-state index contributed by atoms with van der Waals surface area (Å²) < 4.78 is 36.0. The summed E-state index contributed by atoms with van der Waals surface area (Å²) in [5.41, 5.74) is 0. The second kappa shape index (κ2) is 3.66. The van der Waals surface area contributed by atoms with Gasteiger partial charge in [-0.2, -0.15) is 13.2 Å². The lowest BCUT2D eigenvalue weighted by atomic mass is 10.00. The zero-order valence-corrected chi connectivity index (χ0v) is 8.10. The molecule has 6 heteroatoms. The fourth-order valence-corrected chi connectivity index (χ4v) is 2.44. The fourth-order valence-electron chi connectivity index (χ4n) is 2.44. The Bertz CT molecular complexity index is 255. The first-order chi connectivity index (χ1) is 6.95. The van der Waals surface area contributed by atoms with Crippen molar-refractivity contribution in [2.75, 3.05) is 0 Å². The van der Waals surface area contributed by atoms with Crippen LogP contribution in [0.3, 0.4) is 0 Å². The molecule has 2 aliphatic heterocycles. The fraction of sp³-hybridized carbons (Fsp3) is 0.889. The molecule has 15 heavy (non-hydrogen) atoms. The molecule has 0 saturated carbocycles. The number of carbonyl (C=O) groups excluding carboxylic acids is 1. The van der Waals surface area contributed by atoms with Gasteiger partial charge in [-0.05, 0) is 25.7 Å². The van der Waals surface area contributed by atoms with Gasteiger partial charge in [-0.15, -0.1) is 0 Å². The molecule has 86 valence electrons. The third kappa shape index (κ3) is 2.42. The maximum atomic E-state index is 12.0. The molecule has 1 unspecified atom stereocenters. The lowest BCUT2D eigenvalue weighted by molar-refractivity contribution is -0.174. The highest BCUT2D eigenvalue weighted by Crippen LogP contribution is 2.27. The number of rotatable bonds is 1. The average molecular weight is 222 g/mol. The number of nitrogens with one attached hydrogen (secondary N) is 2. The van der Waals surface area contributed by atoms with E-state index < -0.39 is 12.1 Å². The molecule has 1 amide bonds. The summed E-state index contributed by atoms with van der Waals surface area (Å²) in [6.07, 6.45) is -1.54. The van der Waals surface area contributed by atoms with Crippen molar-refractivity contribution in [1.82, 2.24) is 10.6 Å². The maximum absolute atomic E-state index is 12.0.